The largest absolute Gasteiger partial charge is 0.291 e. The molecule has 1 aromatic rings. The molecule has 0 saturated heterocycles. The number of rotatable bonds is 1. The fourth-order valence-electron chi connectivity index (χ4n) is 1.30. The monoisotopic (exact) mass is 205 g/mol. The number of ketones is 1. The van der Waals surface area contributed by atoms with Gasteiger partial charge in [-0.25, -0.2) is 9.97 Å². The molecular weight excluding hydrogens is 198 g/mol. The lowest BCUT2D eigenvalue weighted by atomic mass is 10.2. The van der Waals surface area contributed by atoms with Crippen molar-refractivity contribution in [3.8, 4) is 0 Å². The lowest BCUT2D eigenvalue weighted by Crippen LogP contribution is -2.24. The minimum atomic E-state index is -0.500. The summed E-state index contributed by atoms with van der Waals surface area (Å²) >= 11 is 0. The molecule has 0 spiro atoms. The van der Waals surface area contributed by atoms with Gasteiger partial charge in [-0.1, -0.05) is 0 Å². The van der Waals surface area contributed by atoms with Crippen molar-refractivity contribution in [3.63, 3.8) is 0 Å². The molecule has 0 N–H and O–H groups in total. The predicted octanol–water partition coefficient (Wildman–Crippen LogP) is -0.0950. The number of hydrogen-bond acceptors (Lipinski definition) is 5. The molecule has 0 unspecified atom stereocenters. The van der Waals surface area contributed by atoms with Crippen molar-refractivity contribution in [1.29, 1.82) is 0 Å². The van der Waals surface area contributed by atoms with Crippen LogP contribution in [0.2, 0.25) is 0 Å². The molecule has 76 valence electrons. The zero-order chi connectivity index (χ0) is 11.2. The standard InChI is InChI=1S/C9H7N3O3/c1-4(13)7-10-3-5-6(11-7)9(15)12(2)8(5)14/h3H,1-2H3. The number of hydrogen-bond donors (Lipinski definition) is 0. The molecule has 6 nitrogen and oxygen atoms in total. The summed E-state index contributed by atoms with van der Waals surface area (Å²) in [5.41, 5.74) is 0.148. The van der Waals surface area contributed by atoms with E-state index >= 15 is 0 Å². The Morgan fingerprint density at radius 1 is 1.33 bits per heavy atom. The van der Waals surface area contributed by atoms with Gasteiger partial charge in [0.1, 0.15) is 5.69 Å². The van der Waals surface area contributed by atoms with Gasteiger partial charge in [-0.05, 0) is 0 Å². The molecule has 0 aromatic carbocycles. The van der Waals surface area contributed by atoms with Crippen LogP contribution in [0.4, 0.5) is 0 Å². The molecular formula is C9H7N3O3. The van der Waals surface area contributed by atoms with E-state index in [1.54, 1.807) is 0 Å². The van der Waals surface area contributed by atoms with Gasteiger partial charge in [-0.2, -0.15) is 0 Å². The fraction of sp³-hybridized carbons (Fsp3) is 0.222. The van der Waals surface area contributed by atoms with Crippen molar-refractivity contribution in [2.45, 2.75) is 6.92 Å². The maximum atomic E-state index is 11.5. The van der Waals surface area contributed by atoms with E-state index in [4.69, 9.17) is 0 Å². The second-order valence-corrected chi connectivity index (χ2v) is 3.18. The summed E-state index contributed by atoms with van der Waals surface area (Å²) in [6, 6.07) is 0. The van der Waals surface area contributed by atoms with Gasteiger partial charge in [-0.15, -0.1) is 0 Å². The van der Waals surface area contributed by atoms with E-state index < -0.39 is 11.8 Å². The van der Waals surface area contributed by atoms with Gasteiger partial charge in [0.25, 0.3) is 11.8 Å². The summed E-state index contributed by atoms with van der Waals surface area (Å²) in [6.07, 6.45) is 1.21. The highest BCUT2D eigenvalue weighted by molar-refractivity contribution is 6.20. The van der Waals surface area contributed by atoms with Crippen molar-refractivity contribution in [1.82, 2.24) is 14.9 Å². The average molecular weight is 205 g/mol. The molecule has 6 heteroatoms. The number of carbonyl (C=O) groups excluding carboxylic acids is 3. The van der Waals surface area contributed by atoms with Crippen LogP contribution >= 0.6 is 0 Å². The van der Waals surface area contributed by atoms with Crippen LogP contribution in [0, 0.1) is 0 Å². The Bertz CT molecular complexity index is 495. The highest BCUT2D eigenvalue weighted by Gasteiger charge is 2.35. The minimum Gasteiger partial charge on any atom is -0.291 e. The van der Waals surface area contributed by atoms with Crippen LogP contribution in [-0.4, -0.2) is 39.5 Å². The number of carbonyl (C=O) groups is 3. The zero-order valence-corrected chi connectivity index (χ0v) is 8.14. The van der Waals surface area contributed by atoms with Gasteiger partial charge in [0.05, 0.1) is 5.56 Å². The van der Waals surface area contributed by atoms with Crippen LogP contribution < -0.4 is 0 Å². The molecule has 1 aromatic heterocycles. The van der Waals surface area contributed by atoms with Crippen LogP contribution in [0.5, 0.6) is 0 Å². The Balaban J connectivity index is 2.61. The van der Waals surface area contributed by atoms with Gasteiger partial charge < -0.3 is 0 Å². The lowest BCUT2D eigenvalue weighted by Gasteiger charge is -2.01. The molecule has 0 atom stereocenters. The number of amides is 2. The van der Waals surface area contributed by atoms with E-state index in [-0.39, 0.29) is 22.9 Å². The first-order chi connectivity index (χ1) is 7.02. The average Bonchev–Trinajstić information content (AvgIpc) is 2.44. The first-order valence-corrected chi connectivity index (χ1v) is 4.22. The minimum absolute atomic E-state index is 0.00250. The zero-order valence-electron chi connectivity index (χ0n) is 8.14. The normalized spacial score (nSPS) is 14.4. The summed E-state index contributed by atoms with van der Waals surface area (Å²) in [7, 11) is 1.36. The third-order valence-corrected chi connectivity index (χ3v) is 2.15. The van der Waals surface area contributed by atoms with E-state index in [0.29, 0.717) is 0 Å². The van der Waals surface area contributed by atoms with Crippen LogP contribution in [0.15, 0.2) is 6.20 Å². The molecule has 0 saturated carbocycles. The number of nitrogens with zero attached hydrogens (tertiary/aromatic N) is 3. The molecule has 15 heavy (non-hydrogen) atoms. The molecule has 0 aliphatic carbocycles. The summed E-state index contributed by atoms with van der Waals surface area (Å²) in [5, 5.41) is 0. The second kappa shape index (κ2) is 2.94. The third kappa shape index (κ3) is 1.22. The number of fused-ring (bicyclic) bond motifs is 1. The molecule has 1 aliphatic rings. The quantitative estimate of drug-likeness (QED) is 0.472. The smallest absolute Gasteiger partial charge is 0.280 e. The molecule has 1 aliphatic heterocycles. The SMILES string of the molecule is CC(=O)c1ncc2c(n1)C(=O)N(C)C2=O. The molecule has 0 radical (unpaired) electrons. The maximum Gasteiger partial charge on any atom is 0.280 e. The van der Waals surface area contributed by atoms with Gasteiger partial charge in [0.2, 0.25) is 0 Å². The van der Waals surface area contributed by atoms with Gasteiger partial charge >= 0.3 is 0 Å². The van der Waals surface area contributed by atoms with E-state index in [9.17, 15) is 14.4 Å². The molecule has 0 bridgehead atoms. The van der Waals surface area contributed by atoms with Crippen LogP contribution in [0.25, 0.3) is 0 Å². The Morgan fingerprint density at radius 2 is 2.00 bits per heavy atom. The Morgan fingerprint density at radius 3 is 2.60 bits per heavy atom. The fourth-order valence-corrected chi connectivity index (χ4v) is 1.30. The highest BCUT2D eigenvalue weighted by atomic mass is 16.2. The Kier molecular flexibility index (Phi) is 1.85. The topological polar surface area (TPSA) is 80.2 Å². The van der Waals surface area contributed by atoms with Crippen LogP contribution in [0.1, 0.15) is 38.4 Å². The first kappa shape index (κ1) is 9.45. The van der Waals surface area contributed by atoms with E-state index in [2.05, 4.69) is 9.97 Å². The number of aromatic nitrogens is 2. The predicted molar refractivity (Wildman–Crippen MR) is 48.5 cm³/mol. The van der Waals surface area contributed by atoms with Crippen LogP contribution in [0.3, 0.4) is 0 Å². The summed E-state index contributed by atoms with van der Waals surface area (Å²) in [4.78, 5) is 42.3. The van der Waals surface area contributed by atoms with E-state index in [0.717, 1.165) is 4.90 Å². The number of Topliss-reactive ketones (excluding diaryl/α,β-unsaturated/α-hetero) is 1. The summed E-state index contributed by atoms with van der Waals surface area (Å²) < 4.78 is 0. The van der Waals surface area contributed by atoms with Crippen LogP contribution in [-0.2, 0) is 0 Å². The van der Waals surface area contributed by atoms with Crippen molar-refractivity contribution in [2.75, 3.05) is 7.05 Å². The van der Waals surface area contributed by atoms with Gasteiger partial charge in [-0.3, -0.25) is 19.3 Å². The van der Waals surface area contributed by atoms with Gasteiger partial charge in [0.15, 0.2) is 11.6 Å². The molecule has 2 amide bonds. The Hall–Kier alpha value is -2.11. The number of imide groups is 1. The van der Waals surface area contributed by atoms with Crippen molar-refractivity contribution < 1.29 is 14.4 Å². The maximum absolute atomic E-state index is 11.5. The highest BCUT2D eigenvalue weighted by Crippen LogP contribution is 2.18. The molecule has 0 fully saturated rings. The third-order valence-electron chi connectivity index (χ3n) is 2.15. The van der Waals surface area contributed by atoms with Gasteiger partial charge in [0, 0.05) is 20.2 Å². The summed E-state index contributed by atoms with van der Waals surface area (Å²) in [5.74, 6) is -1.33. The first-order valence-electron chi connectivity index (χ1n) is 4.22. The lowest BCUT2D eigenvalue weighted by molar-refractivity contribution is 0.0691. The van der Waals surface area contributed by atoms with Crippen molar-refractivity contribution >= 4 is 17.6 Å². The molecule has 2 rings (SSSR count). The van der Waals surface area contributed by atoms with Crippen molar-refractivity contribution in [2.24, 2.45) is 0 Å². The van der Waals surface area contributed by atoms with E-state index in [1.807, 2.05) is 0 Å². The van der Waals surface area contributed by atoms with E-state index in [1.165, 1.54) is 20.2 Å². The second-order valence-electron chi connectivity index (χ2n) is 3.18. The summed E-state index contributed by atoms with van der Waals surface area (Å²) in [6.45, 7) is 1.30. The Labute approximate surface area is 84.9 Å². The van der Waals surface area contributed by atoms with Crippen molar-refractivity contribution in [3.05, 3.63) is 23.3 Å². The molecule has 2 heterocycles.